The molecular weight excluding hydrogens is 530 g/mol. The summed E-state index contributed by atoms with van der Waals surface area (Å²) in [4.78, 5) is 48.5. The zero-order valence-corrected chi connectivity index (χ0v) is 19.7. The second-order valence-electron chi connectivity index (χ2n) is 11.9. The summed E-state index contributed by atoms with van der Waals surface area (Å²) in [6, 6.07) is 0. The molecule has 7 rings (SSSR count). The lowest BCUT2D eigenvalue weighted by Crippen LogP contribution is -2.64. The molecule has 0 aromatic rings. The van der Waals surface area contributed by atoms with Gasteiger partial charge in [0.15, 0.2) is 0 Å². The van der Waals surface area contributed by atoms with Crippen LogP contribution in [0.1, 0.15) is 44.9 Å². The number of carboxylic acids is 1. The van der Waals surface area contributed by atoms with Crippen LogP contribution in [-0.4, -0.2) is 59.5 Å². The normalized spacial score (nSPS) is 42.8. The number of rotatable bonds is 7. The van der Waals surface area contributed by atoms with E-state index in [0.29, 0.717) is 37.0 Å². The van der Waals surface area contributed by atoms with Crippen LogP contribution in [0.25, 0.3) is 0 Å². The highest BCUT2D eigenvalue weighted by Gasteiger charge is 2.78. The molecule has 38 heavy (non-hydrogen) atoms. The summed E-state index contributed by atoms with van der Waals surface area (Å²) in [5, 5.41) is 10.4. The first-order valence-electron chi connectivity index (χ1n) is 12.6. The summed E-state index contributed by atoms with van der Waals surface area (Å²) in [6.45, 7) is 0. The first kappa shape index (κ1) is 25.7. The van der Waals surface area contributed by atoms with Crippen molar-refractivity contribution in [3.63, 3.8) is 0 Å². The largest absolute Gasteiger partial charge is 0.544 e. The number of carbonyl (C=O) groups excluding carboxylic acids is 4. The maximum Gasteiger partial charge on any atom is 0.411 e. The van der Waals surface area contributed by atoms with Crippen molar-refractivity contribution in [1.82, 2.24) is 0 Å². The fraction of sp³-hybridized carbons (Fsp3) is 0.833. The molecule has 1 heterocycles. The fourth-order valence-electron chi connectivity index (χ4n) is 8.56. The van der Waals surface area contributed by atoms with Crippen molar-refractivity contribution >= 4 is 23.9 Å². The van der Waals surface area contributed by atoms with E-state index in [-0.39, 0.29) is 6.42 Å². The van der Waals surface area contributed by atoms with Crippen LogP contribution in [0, 0.1) is 41.4 Å². The van der Waals surface area contributed by atoms with Gasteiger partial charge < -0.3 is 24.1 Å². The van der Waals surface area contributed by atoms with Gasteiger partial charge in [0, 0.05) is 11.8 Å². The lowest BCUT2D eigenvalue weighted by molar-refractivity contribution is -0.366. The molecule has 0 amide bonds. The summed E-state index contributed by atoms with van der Waals surface area (Å²) in [5.41, 5.74) is -0.715. The Morgan fingerprint density at radius 2 is 1.42 bits per heavy atom. The molecule has 14 heteroatoms. The van der Waals surface area contributed by atoms with Crippen molar-refractivity contribution in [2.24, 2.45) is 41.4 Å². The average Bonchev–Trinajstić information content (AvgIpc) is 3.41. The molecule has 6 bridgehead atoms. The number of hydrogen-bond donors (Lipinski definition) is 0. The number of halogens is 6. The smallest absolute Gasteiger partial charge is 0.411 e. The highest BCUT2D eigenvalue weighted by atomic mass is 19.3. The summed E-state index contributed by atoms with van der Waals surface area (Å²) in [5.74, 6) is -30.8. The van der Waals surface area contributed by atoms with Crippen molar-refractivity contribution in [3.8, 4) is 0 Å². The van der Waals surface area contributed by atoms with E-state index in [1.165, 1.54) is 0 Å². The molecule has 0 radical (unpaired) electrons. The first-order valence-corrected chi connectivity index (χ1v) is 12.6. The van der Waals surface area contributed by atoms with Gasteiger partial charge in [-0.2, -0.15) is 26.3 Å². The van der Waals surface area contributed by atoms with Gasteiger partial charge in [-0.25, -0.2) is 4.79 Å². The van der Waals surface area contributed by atoms with Gasteiger partial charge in [-0.1, -0.05) is 0 Å². The first-order chi connectivity index (χ1) is 17.6. The molecule has 0 spiro atoms. The van der Waals surface area contributed by atoms with Crippen molar-refractivity contribution in [2.45, 2.75) is 80.5 Å². The molecule has 6 unspecified atom stereocenters. The third-order valence-corrected chi connectivity index (χ3v) is 9.66. The van der Waals surface area contributed by atoms with Crippen molar-refractivity contribution < 1.29 is 64.8 Å². The summed E-state index contributed by atoms with van der Waals surface area (Å²) in [6.07, 6.45) is 2.00. The molecule has 1 saturated heterocycles. The summed E-state index contributed by atoms with van der Waals surface area (Å²) >= 11 is 0. The Balaban J connectivity index is 1.22. The van der Waals surface area contributed by atoms with Crippen molar-refractivity contribution in [1.29, 1.82) is 0 Å². The van der Waals surface area contributed by atoms with Gasteiger partial charge in [0.25, 0.3) is 0 Å². The van der Waals surface area contributed by atoms with Crippen molar-refractivity contribution in [3.05, 3.63) is 0 Å². The number of hydrogen-bond acceptors (Lipinski definition) is 8. The van der Waals surface area contributed by atoms with Crippen LogP contribution in [0.5, 0.6) is 0 Å². The van der Waals surface area contributed by atoms with Gasteiger partial charge in [-0.3, -0.25) is 9.59 Å². The summed E-state index contributed by atoms with van der Waals surface area (Å²) in [7, 11) is 0. The maximum absolute atomic E-state index is 14.2. The fourth-order valence-corrected chi connectivity index (χ4v) is 8.56. The molecule has 0 aromatic heterocycles. The Hall–Kier alpha value is -2.54. The molecule has 8 nitrogen and oxygen atoms in total. The Kier molecular flexibility index (Phi) is 5.26. The summed E-state index contributed by atoms with van der Waals surface area (Å²) < 4.78 is 98.4. The van der Waals surface area contributed by atoms with E-state index in [1.54, 1.807) is 0 Å². The Morgan fingerprint density at radius 1 is 0.868 bits per heavy atom. The molecule has 210 valence electrons. The third-order valence-electron chi connectivity index (χ3n) is 9.66. The van der Waals surface area contributed by atoms with Gasteiger partial charge in [-0.15, -0.1) is 0 Å². The SMILES string of the molecule is O=C1OC2C3CC(C2OC(=O)C(F)(F)C(F)(F)C(F)(F)C(=O)[O-])C(C(=O)OC24CC5CC(CC(C5)C2)C4)C13. The lowest BCUT2D eigenvalue weighted by Gasteiger charge is -2.56. The quantitative estimate of drug-likeness (QED) is 0.267. The van der Waals surface area contributed by atoms with Crippen LogP contribution in [-0.2, 0) is 33.4 Å². The van der Waals surface area contributed by atoms with Gasteiger partial charge >= 0.3 is 35.7 Å². The molecule has 1 aliphatic heterocycles. The van der Waals surface area contributed by atoms with E-state index < -0.39 is 83.1 Å². The van der Waals surface area contributed by atoms with E-state index in [9.17, 15) is 50.6 Å². The van der Waals surface area contributed by atoms with Crippen molar-refractivity contribution in [2.75, 3.05) is 0 Å². The standard InChI is InChI=1S/C24H24F6O8/c25-22(26,19(33)34)24(29,30)23(27,28)20(35)37-16-12-4-11-13(17(31)36-15(11)16)14(12)18(32)38-21-5-8-1-9(6-21)3-10(2-8)7-21/h8-16H,1-7H2,(H,33,34)/p-1. The molecule has 7 fully saturated rings. The maximum atomic E-state index is 14.2. The van der Waals surface area contributed by atoms with Crippen LogP contribution in [0.4, 0.5) is 26.3 Å². The van der Waals surface area contributed by atoms with Gasteiger partial charge in [0.05, 0.1) is 11.8 Å². The molecular formula is C24H23F6O8-. The van der Waals surface area contributed by atoms with Gasteiger partial charge in [0.2, 0.25) is 0 Å². The monoisotopic (exact) mass is 553 g/mol. The zero-order chi connectivity index (χ0) is 27.6. The molecule has 6 atom stereocenters. The Bertz CT molecular complexity index is 1070. The average molecular weight is 553 g/mol. The minimum absolute atomic E-state index is 0.00314. The minimum atomic E-state index is -6.70. The number of fused-ring (bicyclic) bond motifs is 1. The Labute approximate surface area is 211 Å². The van der Waals surface area contributed by atoms with Crippen LogP contribution >= 0.6 is 0 Å². The number of alkyl halides is 6. The number of aliphatic carboxylic acids is 1. The number of carbonyl (C=O) groups is 4. The predicted octanol–water partition coefficient (Wildman–Crippen LogP) is 1.87. The van der Waals surface area contributed by atoms with Crippen LogP contribution in [0.2, 0.25) is 0 Å². The molecule has 0 N–H and O–H groups in total. The highest BCUT2D eigenvalue weighted by molar-refractivity contribution is 5.87. The predicted molar refractivity (Wildman–Crippen MR) is 105 cm³/mol. The second kappa shape index (κ2) is 7.77. The lowest BCUT2D eigenvalue weighted by atomic mass is 9.54. The molecule has 6 saturated carbocycles. The third kappa shape index (κ3) is 3.29. The molecule has 0 aromatic carbocycles. The van der Waals surface area contributed by atoms with Gasteiger partial charge in [0.1, 0.15) is 23.8 Å². The van der Waals surface area contributed by atoms with Crippen LogP contribution in [0.3, 0.4) is 0 Å². The van der Waals surface area contributed by atoms with E-state index in [1.807, 2.05) is 0 Å². The molecule has 7 aliphatic rings. The van der Waals surface area contributed by atoms with Gasteiger partial charge in [-0.05, 0) is 62.7 Å². The number of carboxylic acid groups (broad SMARTS) is 1. The minimum Gasteiger partial charge on any atom is -0.544 e. The number of ether oxygens (including phenoxy) is 3. The van der Waals surface area contributed by atoms with E-state index >= 15 is 0 Å². The molecule has 6 aliphatic carbocycles. The van der Waals surface area contributed by atoms with E-state index in [0.717, 1.165) is 19.3 Å². The van der Waals surface area contributed by atoms with E-state index in [4.69, 9.17) is 9.47 Å². The van der Waals surface area contributed by atoms with Crippen LogP contribution in [0.15, 0.2) is 0 Å². The highest BCUT2D eigenvalue weighted by Crippen LogP contribution is 2.61. The van der Waals surface area contributed by atoms with E-state index in [2.05, 4.69) is 4.74 Å². The second-order valence-corrected chi connectivity index (χ2v) is 11.9. The number of esters is 3. The topological polar surface area (TPSA) is 119 Å². The Morgan fingerprint density at radius 3 is 1.95 bits per heavy atom. The van der Waals surface area contributed by atoms with Crippen LogP contribution < -0.4 is 5.11 Å². The zero-order valence-electron chi connectivity index (χ0n) is 19.7.